The molecule has 1 aliphatic heterocycles. The van der Waals surface area contributed by atoms with E-state index in [1.807, 2.05) is 0 Å². The van der Waals surface area contributed by atoms with Crippen molar-refractivity contribution in [3.8, 4) is 0 Å². The molecular weight excluding hydrogens is 266 g/mol. The van der Waals surface area contributed by atoms with Gasteiger partial charge in [0.15, 0.2) is 12.1 Å². The van der Waals surface area contributed by atoms with Crippen LogP contribution in [0.25, 0.3) is 0 Å². The number of nitrogens with two attached hydrogens (primary N) is 1. The highest BCUT2D eigenvalue weighted by atomic mass is 16.6. The molecule has 1 saturated heterocycles. The van der Waals surface area contributed by atoms with Gasteiger partial charge in [0, 0.05) is 21.3 Å². The van der Waals surface area contributed by atoms with E-state index in [0.717, 1.165) is 0 Å². The molecule has 4 unspecified atom stereocenters. The van der Waals surface area contributed by atoms with E-state index in [9.17, 15) is 0 Å². The molecule has 0 bridgehead atoms. The largest absolute Gasteiger partial charge is 0.382 e. The number of aromatic nitrogens is 3. The Morgan fingerprint density at radius 1 is 1.40 bits per heavy atom. The quantitative estimate of drug-likeness (QED) is 0.515. The molecule has 0 radical (unpaired) electrons. The molecule has 0 aromatic carbocycles. The van der Waals surface area contributed by atoms with E-state index < -0.39 is 6.23 Å². The monoisotopic (exact) mass is 285 g/mol. The first-order valence-electron chi connectivity index (χ1n) is 6.07. The fourth-order valence-electron chi connectivity index (χ4n) is 2.28. The third-order valence-corrected chi connectivity index (χ3v) is 3.17. The summed E-state index contributed by atoms with van der Waals surface area (Å²) in [4.78, 5) is 3.95. The number of nitrogen functional groups attached to an aromatic ring is 1. The van der Waals surface area contributed by atoms with Gasteiger partial charge in [-0.15, -0.1) is 5.10 Å². The van der Waals surface area contributed by atoms with E-state index >= 15 is 0 Å². The summed E-state index contributed by atoms with van der Waals surface area (Å²) in [5.41, 5.74) is 5.35. The van der Waals surface area contributed by atoms with Crippen molar-refractivity contribution in [3.05, 3.63) is 12.2 Å². The Kier molecular flexibility index (Phi) is 4.65. The predicted octanol–water partition coefficient (Wildman–Crippen LogP) is -0.864. The smallest absolute Gasteiger partial charge is 0.215 e. The lowest BCUT2D eigenvalue weighted by molar-refractivity contribution is -0.0708. The van der Waals surface area contributed by atoms with Gasteiger partial charge in [0.05, 0.1) is 6.61 Å². The highest BCUT2D eigenvalue weighted by molar-refractivity contribution is 5.90. The summed E-state index contributed by atoms with van der Waals surface area (Å²) in [6.07, 6.45) is 0.0298. The van der Waals surface area contributed by atoms with E-state index in [1.165, 1.54) is 11.0 Å². The van der Waals surface area contributed by atoms with E-state index in [4.69, 9.17) is 30.1 Å². The second-order valence-electron chi connectivity index (χ2n) is 4.38. The predicted molar refractivity (Wildman–Crippen MR) is 68.4 cm³/mol. The lowest BCUT2D eigenvalue weighted by atomic mass is 10.1. The van der Waals surface area contributed by atoms with Crippen molar-refractivity contribution < 1.29 is 18.9 Å². The minimum Gasteiger partial charge on any atom is -0.382 e. The number of hydrogen-bond donors (Lipinski definition) is 2. The minimum atomic E-state index is -0.509. The van der Waals surface area contributed by atoms with E-state index in [-0.39, 0.29) is 30.0 Å². The van der Waals surface area contributed by atoms with Gasteiger partial charge in [-0.25, -0.2) is 9.67 Å². The van der Waals surface area contributed by atoms with Crippen LogP contribution in [-0.2, 0) is 18.9 Å². The summed E-state index contributed by atoms with van der Waals surface area (Å²) in [6, 6.07) is 0. The lowest BCUT2D eigenvalue weighted by Gasteiger charge is -2.21. The van der Waals surface area contributed by atoms with Crippen molar-refractivity contribution in [1.82, 2.24) is 14.8 Å². The Morgan fingerprint density at radius 3 is 2.60 bits per heavy atom. The van der Waals surface area contributed by atoms with Crippen LogP contribution in [-0.4, -0.2) is 66.8 Å². The van der Waals surface area contributed by atoms with Crippen LogP contribution in [0, 0.1) is 5.41 Å². The second kappa shape index (κ2) is 6.27. The van der Waals surface area contributed by atoms with Crippen molar-refractivity contribution in [2.24, 2.45) is 5.73 Å². The fourth-order valence-corrected chi connectivity index (χ4v) is 2.28. The number of hydrogen-bond acceptors (Lipinski definition) is 7. The molecule has 1 aromatic rings. The summed E-state index contributed by atoms with van der Waals surface area (Å²) in [6.45, 7) is 0.378. The Balaban J connectivity index is 2.22. The molecule has 1 fully saturated rings. The van der Waals surface area contributed by atoms with Gasteiger partial charge >= 0.3 is 0 Å². The van der Waals surface area contributed by atoms with E-state index in [0.29, 0.717) is 6.61 Å². The van der Waals surface area contributed by atoms with Gasteiger partial charge in [0.1, 0.15) is 24.6 Å². The molecule has 2 rings (SSSR count). The maximum atomic E-state index is 7.32. The van der Waals surface area contributed by atoms with Crippen molar-refractivity contribution in [2.75, 3.05) is 27.9 Å². The summed E-state index contributed by atoms with van der Waals surface area (Å²) in [5.74, 6) is -0.0555. The lowest BCUT2D eigenvalue weighted by Crippen LogP contribution is -2.37. The van der Waals surface area contributed by atoms with Crippen LogP contribution in [0.5, 0.6) is 0 Å². The zero-order valence-corrected chi connectivity index (χ0v) is 11.6. The minimum absolute atomic E-state index is 0.146. The number of nitrogens with zero attached hydrogens (tertiary/aromatic N) is 3. The SMILES string of the molecule is COCC1OC(n2cnc(C(=N)N)n2)C(OC)C1OC. The topological polar surface area (TPSA) is 118 Å². The first-order valence-corrected chi connectivity index (χ1v) is 6.07. The van der Waals surface area contributed by atoms with Crippen LogP contribution in [0.4, 0.5) is 0 Å². The molecule has 3 N–H and O–H groups in total. The number of nitrogens with one attached hydrogen (secondary N) is 1. The van der Waals surface area contributed by atoms with Crippen molar-refractivity contribution in [2.45, 2.75) is 24.5 Å². The maximum Gasteiger partial charge on any atom is 0.215 e. The molecule has 0 aliphatic carbocycles. The average Bonchev–Trinajstić information content (AvgIpc) is 3.02. The van der Waals surface area contributed by atoms with Crippen LogP contribution in [0.2, 0.25) is 0 Å². The van der Waals surface area contributed by atoms with E-state index in [1.54, 1.807) is 21.3 Å². The third-order valence-electron chi connectivity index (χ3n) is 3.17. The Bertz CT molecular complexity index is 465. The van der Waals surface area contributed by atoms with Gasteiger partial charge in [-0.3, -0.25) is 5.41 Å². The summed E-state index contributed by atoms with van der Waals surface area (Å²) < 4.78 is 23.3. The highest BCUT2D eigenvalue weighted by Crippen LogP contribution is 2.32. The molecule has 2 heterocycles. The van der Waals surface area contributed by atoms with Gasteiger partial charge in [-0.05, 0) is 0 Å². The number of ether oxygens (including phenoxy) is 4. The summed E-state index contributed by atoms with van der Waals surface area (Å²) in [7, 11) is 4.76. The molecule has 4 atom stereocenters. The van der Waals surface area contributed by atoms with Gasteiger partial charge < -0.3 is 24.7 Å². The number of rotatable bonds is 6. The zero-order valence-electron chi connectivity index (χ0n) is 11.6. The van der Waals surface area contributed by atoms with Gasteiger partial charge in [0.2, 0.25) is 5.82 Å². The molecule has 9 nitrogen and oxygen atoms in total. The van der Waals surface area contributed by atoms with Gasteiger partial charge in [-0.2, -0.15) is 0 Å². The molecular formula is C11H19N5O4. The Hall–Kier alpha value is -1.55. The first kappa shape index (κ1) is 14.9. The standard InChI is InChI=1S/C11H19N5O4/c1-17-4-6-7(18-2)8(19-3)11(20-6)16-5-14-10(15-16)9(12)13/h5-8,11H,4H2,1-3H3,(H3,12,13). The van der Waals surface area contributed by atoms with Crippen LogP contribution >= 0.6 is 0 Å². The molecule has 20 heavy (non-hydrogen) atoms. The third kappa shape index (κ3) is 2.66. The molecule has 112 valence electrons. The summed E-state index contributed by atoms with van der Waals surface area (Å²) >= 11 is 0. The zero-order chi connectivity index (χ0) is 14.7. The van der Waals surface area contributed by atoms with Crippen molar-refractivity contribution in [1.29, 1.82) is 5.41 Å². The van der Waals surface area contributed by atoms with Gasteiger partial charge in [-0.1, -0.05) is 0 Å². The highest BCUT2D eigenvalue weighted by Gasteiger charge is 2.46. The maximum absolute atomic E-state index is 7.32. The van der Waals surface area contributed by atoms with E-state index in [2.05, 4.69) is 10.1 Å². The molecule has 0 amide bonds. The summed E-state index contributed by atoms with van der Waals surface area (Å²) in [5, 5.41) is 11.4. The Morgan fingerprint density at radius 2 is 2.10 bits per heavy atom. The fraction of sp³-hybridized carbons (Fsp3) is 0.727. The Labute approximate surface area is 116 Å². The first-order chi connectivity index (χ1) is 9.62. The number of amidine groups is 1. The number of methoxy groups -OCH3 is 3. The molecule has 0 spiro atoms. The van der Waals surface area contributed by atoms with Gasteiger partial charge in [0.25, 0.3) is 0 Å². The second-order valence-corrected chi connectivity index (χ2v) is 4.38. The molecule has 1 aromatic heterocycles. The van der Waals surface area contributed by atoms with Crippen LogP contribution in [0.3, 0.4) is 0 Å². The van der Waals surface area contributed by atoms with Crippen LogP contribution < -0.4 is 5.73 Å². The molecule has 1 aliphatic rings. The molecule has 9 heteroatoms. The average molecular weight is 285 g/mol. The van der Waals surface area contributed by atoms with Crippen LogP contribution in [0.15, 0.2) is 6.33 Å². The van der Waals surface area contributed by atoms with Crippen molar-refractivity contribution >= 4 is 5.84 Å². The normalized spacial score (nSPS) is 29.8. The van der Waals surface area contributed by atoms with Crippen molar-refractivity contribution in [3.63, 3.8) is 0 Å². The molecule has 0 saturated carbocycles. The van der Waals surface area contributed by atoms with Crippen LogP contribution in [0.1, 0.15) is 12.1 Å².